The summed E-state index contributed by atoms with van der Waals surface area (Å²) in [5.74, 6) is -0.189. The zero-order valence-electron chi connectivity index (χ0n) is 18.6. The van der Waals surface area contributed by atoms with Gasteiger partial charge in [0.05, 0.1) is 31.8 Å². The molecule has 4 atom stereocenters. The Balaban J connectivity index is 1.27. The van der Waals surface area contributed by atoms with Gasteiger partial charge in [-0.2, -0.15) is 9.40 Å². The molecular formula is C19H30F2N8O4S. The Bertz CT molecular complexity index is 1030. The van der Waals surface area contributed by atoms with Crippen molar-refractivity contribution >= 4 is 27.6 Å². The second kappa shape index (κ2) is 9.18. The molecule has 5 N–H and O–H groups in total. The summed E-state index contributed by atoms with van der Waals surface area (Å²) in [4.78, 5) is 15.0. The number of anilines is 2. The first-order valence-corrected chi connectivity index (χ1v) is 13.0. The number of nitrogen functional groups attached to an aromatic ring is 1. The summed E-state index contributed by atoms with van der Waals surface area (Å²) in [7, 11) is -3.42. The first kappa shape index (κ1) is 23.7. The summed E-state index contributed by atoms with van der Waals surface area (Å²) in [5.41, 5.74) is 6.06. The first-order valence-electron chi connectivity index (χ1n) is 11.5. The lowest BCUT2D eigenvalue weighted by molar-refractivity contribution is 0.0283. The van der Waals surface area contributed by atoms with Crippen LogP contribution < -0.4 is 21.7 Å². The van der Waals surface area contributed by atoms with E-state index in [9.17, 15) is 17.6 Å². The molecular weight excluding hydrogens is 474 g/mol. The van der Waals surface area contributed by atoms with E-state index < -0.39 is 45.6 Å². The molecule has 3 fully saturated rings. The second-order valence-electron chi connectivity index (χ2n) is 9.15. The third kappa shape index (κ3) is 4.23. The molecule has 1 amide bonds. The maximum atomic E-state index is 15.1. The number of nitrogens with two attached hydrogens (primary N) is 1. The van der Waals surface area contributed by atoms with Gasteiger partial charge in [-0.15, -0.1) is 0 Å². The molecule has 190 valence electrons. The van der Waals surface area contributed by atoms with Crippen molar-refractivity contribution in [1.82, 2.24) is 29.6 Å². The molecule has 0 spiro atoms. The third-order valence-electron chi connectivity index (χ3n) is 6.95. The summed E-state index contributed by atoms with van der Waals surface area (Å²) in [6, 6.07) is -1.20. The number of fused-ring (bicyclic) bond motifs is 1. The highest BCUT2D eigenvalue weighted by Gasteiger charge is 2.43. The normalized spacial score (nSPS) is 31.4. The van der Waals surface area contributed by atoms with Crippen LogP contribution in [0.5, 0.6) is 0 Å². The lowest BCUT2D eigenvalue weighted by Gasteiger charge is -2.46. The number of alkyl halides is 2. The van der Waals surface area contributed by atoms with E-state index in [2.05, 4.69) is 21.0 Å². The van der Waals surface area contributed by atoms with Crippen molar-refractivity contribution in [3.05, 3.63) is 5.56 Å². The number of rotatable bonds is 5. The van der Waals surface area contributed by atoms with Crippen LogP contribution in [0.2, 0.25) is 0 Å². The standard InChI is InChI=1S/C19H30F2N8O4S/c20-11-5-24-18-15(17(22)26-29(18)8-11)19(30)25-14-7-23-6-13(21)16(14)27-1-3-28(4-2-27)34(31,32)12-9-33-10-12/h11-14,16,23-24H,1-10H2,(H2,22,26)(H,25,30). The minimum absolute atomic E-state index is 0.000143. The first-order chi connectivity index (χ1) is 16.3. The van der Waals surface area contributed by atoms with Gasteiger partial charge in [0, 0.05) is 45.8 Å². The number of halogens is 2. The molecule has 34 heavy (non-hydrogen) atoms. The molecule has 1 aromatic rings. The fraction of sp³-hybridized carbons (Fsp3) is 0.789. The number of hydrogen-bond donors (Lipinski definition) is 4. The van der Waals surface area contributed by atoms with Gasteiger partial charge in [-0.3, -0.25) is 9.69 Å². The molecule has 15 heteroatoms. The number of nitrogens with one attached hydrogen (secondary N) is 3. The van der Waals surface area contributed by atoms with E-state index in [1.807, 2.05) is 4.90 Å². The lowest BCUT2D eigenvalue weighted by Crippen LogP contribution is -2.67. The maximum absolute atomic E-state index is 15.1. The van der Waals surface area contributed by atoms with E-state index in [1.165, 1.54) is 8.99 Å². The van der Waals surface area contributed by atoms with Gasteiger partial charge in [-0.05, 0) is 0 Å². The third-order valence-corrected chi connectivity index (χ3v) is 9.15. The van der Waals surface area contributed by atoms with Crippen molar-refractivity contribution in [2.24, 2.45) is 0 Å². The highest BCUT2D eigenvalue weighted by atomic mass is 32.2. The molecule has 4 aliphatic rings. The van der Waals surface area contributed by atoms with E-state index in [0.717, 1.165) is 0 Å². The zero-order valence-corrected chi connectivity index (χ0v) is 19.4. The van der Waals surface area contributed by atoms with Crippen molar-refractivity contribution in [2.45, 2.75) is 36.2 Å². The minimum atomic E-state index is -3.42. The minimum Gasteiger partial charge on any atom is -0.381 e. The van der Waals surface area contributed by atoms with Crippen LogP contribution >= 0.6 is 0 Å². The molecule has 4 aliphatic heterocycles. The van der Waals surface area contributed by atoms with Crippen LogP contribution in [0, 0.1) is 0 Å². The highest BCUT2D eigenvalue weighted by Crippen LogP contribution is 2.27. The molecule has 0 aromatic carbocycles. The molecule has 0 aliphatic carbocycles. The smallest absolute Gasteiger partial charge is 0.259 e. The molecule has 0 radical (unpaired) electrons. The van der Waals surface area contributed by atoms with Crippen LogP contribution in [0.15, 0.2) is 0 Å². The molecule has 3 saturated heterocycles. The number of carbonyl (C=O) groups is 1. The van der Waals surface area contributed by atoms with Crippen LogP contribution in [-0.2, 0) is 21.3 Å². The quantitative estimate of drug-likeness (QED) is 0.357. The van der Waals surface area contributed by atoms with E-state index >= 15 is 4.39 Å². The number of nitrogens with zero attached hydrogens (tertiary/aromatic N) is 4. The molecule has 1 aromatic heterocycles. The van der Waals surface area contributed by atoms with Gasteiger partial charge in [0.15, 0.2) is 5.82 Å². The van der Waals surface area contributed by atoms with Crippen molar-refractivity contribution in [3.63, 3.8) is 0 Å². The Labute approximate surface area is 196 Å². The molecule has 0 bridgehead atoms. The van der Waals surface area contributed by atoms with E-state index in [1.54, 1.807) is 0 Å². The Morgan fingerprint density at radius 3 is 2.56 bits per heavy atom. The van der Waals surface area contributed by atoms with Gasteiger partial charge in [-0.1, -0.05) is 0 Å². The van der Waals surface area contributed by atoms with Crippen LogP contribution in [0.4, 0.5) is 20.4 Å². The number of aromatic nitrogens is 2. The Kier molecular flexibility index (Phi) is 6.39. The van der Waals surface area contributed by atoms with Crippen LogP contribution in [-0.4, -0.2) is 122 Å². The van der Waals surface area contributed by atoms with E-state index in [0.29, 0.717) is 25.5 Å². The van der Waals surface area contributed by atoms with Gasteiger partial charge >= 0.3 is 0 Å². The van der Waals surface area contributed by atoms with Gasteiger partial charge in [-0.25, -0.2) is 21.9 Å². The highest BCUT2D eigenvalue weighted by molar-refractivity contribution is 7.89. The Morgan fingerprint density at radius 1 is 1.15 bits per heavy atom. The second-order valence-corrected chi connectivity index (χ2v) is 11.4. The number of sulfonamides is 1. The average Bonchev–Trinajstić information content (AvgIpc) is 3.07. The largest absolute Gasteiger partial charge is 0.381 e. The monoisotopic (exact) mass is 504 g/mol. The van der Waals surface area contributed by atoms with Gasteiger partial charge in [0.25, 0.3) is 5.91 Å². The van der Waals surface area contributed by atoms with Gasteiger partial charge in [0.1, 0.15) is 29.0 Å². The summed E-state index contributed by atoms with van der Waals surface area (Å²) in [6.45, 7) is 2.18. The lowest BCUT2D eigenvalue weighted by atomic mass is 9.96. The van der Waals surface area contributed by atoms with Crippen LogP contribution in [0.1, 0.15) is 10.4 Å². The summed E-state index contributed by atoms with van der Waals surface area (Å²) in [5, 5.41) is 12.3. The van der Waals surface area contributed by atoms with Crippen molar-refractivity contribution < 1.29 is 26.7 Å². The number of piperazine rings is 1. The number of piperidine rings is 1. The van der Waals surface area contributed by atoms with Crippen molar-refractivity contribution in [2.75, 3.05) is 70.1 Å². The zero-order chi connectivity index (χ0) is 24.0. The summed E-state index contributed by atoms with van der Waals surface area (Å²) >= 11 is 0. The predicted octanol–water partition coefficient (Wildman–Crippen LogP) is -2.02. The Hall–Kier alpha value is -2.07. The molecule has 0 saturated carbocycles. The molecule has 12 nitrogen and oxygen atoms in total. The van der Waals surface area contributed by atoms with Crippen molar-refractivity contribution in [3.8, 4) is 0 Å². The summed E-state index contributed by atoms with van der Waals surface area (Å²) in [6.07, 6.45) is -2.40. The fourth-order valence-electron chi connectivity index (χ4n) is 5.06. The number of hydrogen-bond acceptors (Lipinski definition) is 9. The SMILES string of the molecule is Nc1nn2c(c1C(=O)NC1CNCC(F)C1N1CCN(S(=O)(=O)C3COC3)CC1)NCC(F)C2. The van der Waals surface area contributed by atoms with Gasteiger partial charge < -0.3 is 26.4 Å². The van der Waals surface area contributed by atoms with Crippen LogP contribution in [0.25, 0.3) is 0 Å². The molecule has 4 unspecified atom stereocenters. The predicted molar refractivity (Wildman–Crippen MR) is 120 cm³/mol. The Morgan fingerprint density at radius 2 is 1.88 bits per heavy atom. The maximum Gasteiger partial charge on any atom is 0.259 e. The van der Waals surface area contributed by atoms with E-state index in [-0.39, 0.29) is 57.3 Å². The van der Waals surface area contributed by atoms with Crippen molar-refractivity contribution in [1.29, 1.82) is 0 Å². The number of amides is 1. The number of carbonyl (C=O) groups excluding carboxylic acids is 1. The number of ether oxygens (including phenoxy) is 1. The van der Waals surface area contributed by atoms with E-state index in [4.69, 9.17) is 10.5 Å². The van der Waals surface area contributed by atoms with Crippen LogP contribution in [0.3, 0.4) is 0 Å². The average molecular weight is 505 g/mol. The van der Waals surface area contributed by atoms with Gasteiger partial charge in [0.2, 0.25) is 10.0 Å². The summed E-state index contributed by atoms with van der Waals surface area (Å²) < 4.78 is 61.9. The topological polar surface area (TPSA) is 147 Å². The molecule has 5 heterocycles. The fourth-order valence-corrected chi connectivity index (χ4v) is 6.69. The molecule has 5 rings (SSSR count).